The topological polar surface area (TPSA) is 121 Å². The van der Waals surface area contributed by atoms with E-state index in [1.165, 1.54) is 13.2 Å². The summed E-state index contributed by atoms with van der Waals surface area (Å²) in [5.41, 5.74) is 1.05. The quantitative estimate of drug-likeness (QED) is 0.340. The minimum absolute atomic E-state index is 0.0868. The number of aryl methyl sites for hydroxylation is 1. The highest BCUT2D eigenvalue weighted by atomic mass is 32.2. The van der Waals surface area contributed by atoms with E-state index in [-0.39, 0.29) is 4.91 Å². The van der Waals surface area contributed by atoms with Crippen LogP contribution in [0.3, 0.4) is 0 Å². The minimum Gasteiger partial charge on any atom is -0.544 e. The van der Waals surface area contributed by atoms with Crippen molar-refractivity contribution in [2.75, 3.05) is 7.11 Å². The monoisotopic (exact) mass is 412 g/mol. The Bertz CT molecular complexity index is 1050. The zero-order valence-electron chi connectivity index (χ0n) is 15.8. The third-order valence-electron chi connectivity index (χ3n) is 3.87. The molecule has 1 N–H and O–H groups in total. The van der Waals surface area contributed by atoms with Crippen molar-refractivity contribution in [1.29, 1.82) is 0 Å². The number of carboxylic acid groups (broad SMARTS) is 1. The number of methoxy groups -OCH3 is 1. The van der Waals surface area contributed by atoms with Crippen LogP contribution in [-0.4, -0.2) is 34.2 Å². The summed E-state index contributed by atoms with van der Waals surface area (Å²) >= 11 is 0.877. The van der Waals surface area contributed by atoms with Crippen molar-refractivity contribution in [2.24, 2.45) is 0 Å². The minimum atomic E-state index is -1.36. The third kappa shape index (κ3) is 5.14. The summed E-state index contributed by atoms with van der Waals surface area (Å²) in [5, 5.41) is 18.6. The van der Waals surface area contributed by atoms with Crippen LogP contribution in [0.4, 0.5) is 0 Å². The first-order valence-electron chi connectivity index (χ1n) is 8.81. The Morgan fingerprint density at radius 1 is 1.31 bits per heavy atom. The van der Waals surface area contributed by atoms with Gasteiger partial charge in [-0.1, -0.05) is 19.1 Å². The van der Waals surface area contributed by atoms with Crippen molar-refractivity contribution in [2.45, 2.75) is 24.9 Å². The Kier molecular flexibility index (Phi) is 6.50. The molecule has 0 aliphatic carbocycles. The van der Waals surface area contributed by atoms with Crippen LogP contribution < -0.4 is 5.11 Å². The van der Waals surface area contributed by atoms with Crippen LogP contribution in [-0.2, 0) is 16.0 Å². The second-order valence-corrected chi connectivity index (χ2v) is 7.00. The highest BCUT2D eigenvalue weighted by Gasteiger charge is 2.12. The first-order chi connectivity index (χ1) is 14.0. The number of esters is 1. The van der Waals surface area contributed by atoms with E-state index in [4.69, 9.17) is 9.15 Å². The number of nitrogens with zero attached hydrogens (tertiary/aromatic N) is 2. The molecule has 0 saturated carbocycles. The number of nitrogens with one attached hydrogen (secondary N) is 1. The number of carbonyl (C=O) groups excluding carboxylic acids is 2. The van der Waals surface area contributed by atoms with Gasteiger partial charge in [0.05, 0.1) is 18.6 Å². The number of benzene rings is 1. The molecule has 0 amide bonds. The van der Waals surface area contributed by atoms with Crippen LogP contribution in [0.15, 0.2) is 50.9 Å². The number of carboxylic acids is 1. The lowest BCUT2D eigenvalue weighted by molar-refractivity contribution is -0.298. The summed E-state index contributed by atoms with van der Waals surface area (Å²) in [6.07, 6.45) is 2.97. The lowest BCUT2D eigenvalue weighted by atomic mass is 10.1. The van der Waals surface area contributed by atoms with Gasteiger partial charge < -0.3 is 19.1 Å². The summed E-state index contributed by atoms with van der Waals surface area (Å²) in [5.74, 6) is -0.323. The number of aromatic nitrogens is 3. The van der Waals surface area contributed by atoms with E-state index in [1.54, 1.807) is 36.4 Å². The molecule has 0 saturated heterocycles. The van der Waals surface area contributed by atoms with E-state index in [0.29, 0.717) is 33.6 Å². The van der Waals surface area contributed by atoms with Crippen molar-refractivity contribution >= 4 is 29.8 Å². The standard InChI is InChI=1S/C20H19N3O5S/c1-3-5-17-21-20(23-22-17)29-16(18(24)25)11-14-8-9-15(28-14)12-6-4-7-13(10-12)19(26)27-2/h4,6-11H,3,5H2,1-2H3,(H,24,25)(H,21,22,23)/p-1/b16-11+. The second-order valence-electron chi connectivity index (χ2n) is 5.99. The molecule has 0 atom stereocenters. The molecule has 3 aromatic rings. The molecule has 0 fully saturated rings. The Labute approximate surface area is 171 Å². The fourth-order valence-corrected chi connectivity index (χ4v) is 3.23. The van der Waals surface area contributed by atoms with E-state index in [2.05, 4.69) is 15.2 Å². The molecule has 0 aliphatic rings. The Morgan fingerprint density at radius 3 is 2.86 bits per heavy atom. The van der Waals surface area contributed by atoms with Crippen LogP contribution >= 0.6 is 11.8 Å². The van der Waals surface area contributed by atoms with E-state index >= 15 is 0 Å². The number of furan rings is 1. The maximum atomic E-state index is 11.7. The number of aliphatic carboxylic acids is 1. The molecule has 0 spiro atoms. The second kappa shape index (κ2) is 9.24. The van der Waals surface area contributed by atoms with Crippen LogP contribution in [0.5, 0.6) is 0 Å². The van der Waals surface area contributed by atoms with Crippen molar-refractivity contribution in [3.8, 4) is 11.3 Å². The fourth-order valence-electron chi connectivity index (χ4n) is 2.53. The largest absolute Gasteiger partial charge is 0.544 e. The Morgan fingerprint density at radius 2 is 2.14 bits per heavy atom. The molecule has 0 aliphatic heterocycles. The highest BCUT2D eigenvalue weighted by Crippen LogP contribution is 2.28. The van der Waals surface area contributed by atoms with Gasteiger partial charge in [-0.15, -0.1) is 5.10 Å². The zero-order chi connectivity index (χ0) is 20.8. The molecule has 0 bridgehead atoms. The molecule has 9 heteroatoms. The number of hydrogen-bond acceptors (Lipinski definition) is 8. The predicted octanol–water partition coefficient (Wildman–Crippen LogP) is 2.69. The first kappa shape index (κ1) is 20.4. The molecule has 29 heavy (non-hydrogen) atoms. The summed E-state index contributed by atoms with van der Waals surface area (Å²) in [6.45, 7) is 2.01. The third-order valence-corrected chi connectivity index (χ3v) is 4.74. The molecule has 2 heterocycles. The van der Waals surface area contributed by atoms with Gasteiger partial charge in [-0.25, -0.2) is 9.78 Å². The van der Waals surface area contributed by atoms with Crippen molar-refractivity contribution in [1.82, 2.24) is 15.2 Å². The maximum Gasteiger partial charge on any atom is 0.337 e. The average Bonchev–Trinajstić information content (AvgIpc) is 3.37. The number of hydrogen-bond donors (Lipinski definition) is 1. The van der Waals surface area contributed by atoms with Gasteiger partial charge in [0.15, 0.2) is 0 Å². The van der Waals surface area contributed by atoms with Crippen molar-refractivity contribution < 1.29 is 23.8 Å². The van der Waals surface area contributed by atoms with Gasteiger partial charge in [-0.3, -0.25) is 5.10 Å². The number of rotatable bonds is 8. The summed E-state index contributed by atoms with van der Waals surface area (Å²) in [7, 11) is 1.31. The van der Waals surface area contributed by atoms with Gasteiger partial charge >= 0.3 is 5.97 Å². The number of ether oxygens (including phenoxy) is 1. The van der Waals surface area contributed by atoms with E-state index in [0.717, 1.165) is 24.6 Å². The molecule has 3 rings (SSSR count). The van der Waals surface area contributed by atoms with E-state index in [9.17, 15) is 14.7 Å². The van der Waals surface area contributed by atoms with Gasteiger partial charge in [0.1, 0.15) is 17.3 Å². The molecule has 1 aromatic carbocycles. The summed E-state index contributed by atoms with van der Waals surface area (Å²) < 4.78 is 10.4. The molecule has 8 nitrogen and oxygen atoms in total. The lowest BCUT2D eigenvalue weighted by Crippen LogP contribution is -2.23. The smallest absolute Gasteiger partial charge is 0.337 e. The summed E-state index contributed by atoms with van der Waals surface area (Å²) in [4.78, 5) is 27.4. The van der Waals surface area contributed by atoms with Crippen LogP contribution in [0.25, 0.3) is 17.4 Å². The number of aromatic amines is 1. The molecular weight excluding hydrogens is 394 g/mol. The highest BCUT2D eigenvalue weighted by molar-refractivity contribution is 8.04. The Balaban J connectivity index is 1.82. The first-order valence-corrected chi connectivity index (χ1v) is 9.62. The SMILES string of the molecule is CCCc1nc(S/C(=C/c2ccc(-c3cccc(C(=O)OC)c3)o2)C(=O)[O-])n[nH]1. The molecule has 2 aromatic heterocycles. The molecular formula is C20H18N3O5S-. The fraction of sp³-hybridized carbons (Fsp3) is 0.200. The Hall–Kier alpha value is -3.33. The normalized spacial score (nSPS) is 11.4. The average molecular weight is 412 g/mol. The molecule has 0 unspecified atom stereocenters. The number of thioether (sulfide) groups is 1. The van der Waals surface area contributed by atoms with Gasteiger partial charge in [0, 0.05) is 16.9 Å². The van der Waals surface area contributed by atoms with Crippen molar-refractivity contribution in [3.63, 3.8) is 0 Å². The maximum absolute atomic E-state index is 11.7. The van der Waals surface area contributed by atoms with Crippen LogP contribution in [0.2, 0.25) is 0 Å². The van der Waals surface area contributed by atoms with Gasteiger partial charge in [-0.05, 0) is 48.5 Å². The van der Waals surface area contributed by atoms with Gasteiger partial charge in [-0.2, -0.15) is 0 Å². The number of H-pyrrole nitrogens is 1. The van der Waals surface area contributed by atoms with Crippen molar-refractivity contribution in [3.05, 3.63) is 58.5 Å². The van der Waals surface area contributed by atoms with E-state index in [1.807, 2.05) is 6.92 Å². The van der Waals surface area contributed by atoms with Crippen LogP contribution in [0.1, 0.15) is 35.3 Å². The van der Waals surface area contributed by atoms with Gasteiger partial charge in [0.2, 0.25) is 5.16 Å². The molecule has 0 radical (unpaired) electrons. The lowest BCUT2D eigenvalue weighted by Gasteiger charge is -2.04. The van der Waals surface area contributed by atoms with Gasteiger partial charge in [0.25, 0.3) is 0 Å². The molecule has 150 valence electrons. The van der Waals surface area contributed by atoms with Crippen LogP contribution in [0, 0.1) is 0 Å². The number of carbonyl (C=O) groups is 2. The predicted molar refractivity (Wildman–Crippen MR) is 105 cm³/mol. The van der Waals surface area contributed by atoms with E-state index < -0.39 is 11.9 Å². The summed E-state index contributed by atoms with van der Waals surface area (Å²) in [6, 6.07) is 10.1. The zero-order valence-corrected chi connectivity index (χ0v) is 16.6.